The van der Waals surface area contributed by atoms with Gasteiger partial charge in [-0.3, -0.25) is 9.59 Å². The van der Waals surface area contributed by atoms with Crippen molar-refractivity contribution in [2.45, 2.75) is 33.7 Å². The van der Waals surface area contributed by atoms with Gasteiger partial charge in [-0.1, -0.05) is 0 Å². The molecule has 9 heteroatoms. The normalized spacial score (nSPS) is 13.4. The van der Waals surface area contributed by atoms with Crippen molar-refractivity contribution in [3.05, 3.63) is 33.7 Å². The SMILES string of the molecule is CCOc1cc(C(=O)Nc2sc3c(c2C(N)=O)CCN(C)C3)cc(OCC)c1OCC. The lowest BCUT2D eigenvalue weighted by Gasteiger charge is -2.22. The van der Waals surface area contributed by atoms with Crippen LogP contribution in [0.5, 0.6) is 17.2 Å². The van der Waals surface area contributed by atoms with Gasteiger partial charge in [0, 0.05) is 23.5 Å². The highest BCUT2D eigenvalue weighted by atomic mass is 32.1. The lowest BCUT2D eigenvalue weighted by atomic mass is 10.0. The predicted octanol–water partition coefficient (Wildman–Crippen LogP) is 3.28. The van der Waals surface area contributed by atoms with E-state index in [9.17, 15) is 9.59 Å². The molecule has 1 aromatic heterocycles. The van der Waals surface area contributed by atoms with Crippen LogP contribution in [-0.2, 0) is 13.0 Å². The number of anilines is 1. The summed E-state index contributed by atoms with van der Waals surface area (Å²) in [5, 5.41) is 3.35. The smallest absolute Gasteiger partial charge is 0.256 e. The summed E-state index contributed by atoms with van der Waals surface area (Å²) in [6.07, 6.45) is 0.725. The van der Waals surface area contributed by atoms with E-state index in [1.807, 2.05) is 27.8 Å². The van der Waals surface area contributed by atoms with Crippen molar-refractivity contribution >= 4 is 28.2 Å². The van der Waals surface area contributed by atoms with Gasteiger partial charge in [-0.05, 0) is 51.9 Å². The molecule has 2 aromatic rings. The largest absolute Gasteiger partial charge is 0.490 e. The molecule has 0 spiro atoms. The molecular weight excluding hydrogens is 418 g/mol. The van der Waals surface area contributed by atoms with Crippen LogP contribution >= 0.6 is 11.3 Å². The predicted molar refractivity (Wildman–Crippen MR) is 121 cm³/mol. The molecule has 3 rings (SSSR count). The van der Waals surface area contributed by atoms with Gasteiger partial charge in [0.2, 0.25) is 5.75 Å². The maximum atomic E-state index is 13.1. The van der Waals surface area contributed by atoms with E-state index in [0.717, 1.165) is 30.0 Å². The first-order valence-corrected chi connectivity index (χ1v) is 11.2. The molecule has 31 heavy (non-hydrogen) atoms. The van der Waals surface area contributed by atoms with Crippen molar-refractivity contribution in [2.24, 2.45) is 5.73 Å². The molecule has 0 bridgehead atoms. The first-order chi connectivity index (χ1) is 14.9. The second-order valence-electron chi connectivity index (χ2n) is 7.11. The Labute approximate surface area is 186 Å². The van der Waals surface area contributed by atoms with Gasteiger partial charge in [-0.15, -0.1) is 11.3 Å². The van der Waals surface area contributed by atoms with Crippen LogP contribution < -0.4 is 25.3 Å². The number of likely N-dealkylation sites (N-methyl/N-ethyl adjacent to an activating group) is 1. The molecule has 1 aromatic carbocycles. The average Bonchev–Trinajstić information content (AvgIpc) is 3.07. The summed E-state index contributed by atoms with van der Waals surface area (Å²) in [4.78, 5) is 28.5. The minimum absolute atomic E-state index is 0.342. The Morgan fingerprint density at radius 3 is 2.26 bits per heavy atom. The maximum absolute atomic E-state index is 13.1. The van der Waals surface area contributed by atoms with Crippen molar-refractivity contribution < 1.29 is 23.8 Å². The molecule has 2 heterocycles. The number of nitrogens with one attached hydrogen (secondary N) is 1. The zero-order valence-electron chi connectivity index (χ0n) is 18.4. The number of amides is 2. The second kappa shape index (κ2) is 10.0. The molecule has 168 valence electrons. The number of rotatable bonds is 9. The van der Waals surface area contributed by atoms with Crippen molar-refractivity contribution in [3.8, 4) is 17.2 Å². The van der Waals surface area contributed by atoms with Crippen LogP contribution in [0.1, 0.15) is 51.9 Å². The number of carbonyl (C=O) groups is 2. The zero-order chi connectivity index (χ0) is 22.5. The number of hydrogen-bond donors (Lipinski definition) is 2. The molecular formula is C22H29N3O5S. The van der Waals surface area contributed by atoms with E-state index in [2.05, 4.69) is 10.2 Å². The molecule has 0 saturated carbocycles. The van der Waals surface area contributed by atoms with E-state index in [4.69, 9.17) is 19.9 Å². The van der Waals surface area contributed by atoms with Crippen LogP contribution in [0.25, 0.3) is 0 Å². The Hall–Kier alpha value is -2.78. The summed E-state index contributed by atoms with van der Waals surface area (Å²) in [7, 11) is 2.02. The Morgan fingerprint density at radius 1 is 1.10 bits per heavy atom. The second-order valence-corrected chi connectivity index (χ2v) is 8.22. The minimum atomic E-state index is -0.533. The van der Waals surface area contributed by atoms with E-state index < -0.39 is 5.91 Å². The lowest BCUT2D eigenvalue weighted by Crippen LogP contribution is -2.27. The van der Waals surface area contributed by atoms with Crippen molar-refractivity contribution in [1.82, 2.24) is 4.90 Å². The van der Waals surface area contributed by atoms with E-state index in [1.165, 1.54) is 11.3 Å². The molecule has 0 saturated heterocycles. The summed E-state index contributed by atoms with van der Waals surface area (Å²) in [6.45, 7) is 8.40. The lowest BCUT2D eigenvalue weighted by molar-refractivity contribution is 0.1000. The fourth-order valence-electron chi connectivity index (χ4n) is 3.57. The first kappa shape index (κ1) is 22.9. The van der Waals surface area contributed by atoms with Crippen LogP contribution in [0.4, 0.5) is 5.00 Å². The molecule has 0 atom stereocenters. The Kier molecular flexibility index (Phi) is 7.40. The van der Waals surface area contributed by atoms with E-state index in [1.54, 1.807) is 12.1 Å². The van der Waals surface area contributed by atoms with Crippen LogP contribution in [0.2, 0.25) is 0 Å². The summed E-state index contributed by atoms with van der Waals surface area (Å²) in [6, 6.07) is 3.25. The fourth-order valence-corrected chi connectivity index (χ4v) is 4.90. The maximum Gasteiger partial charge on any atom is 0.256 e. The number of nitrogens with two attached hydrogens (primary N) is 1. The number of primary amides is 1. The monoisotopic (exact) mass is 447 g/mol. The average molecular weight is 448 g/mol. The van der Waals surface area contributed by atoms with Gasteiger partial charge in [0.25, 0.3) is 11.8 Å². The van der Waals surface area contributed by atoms with Gasteiger partial charge < -0.3 is 30.2 Å². The van der Waals surface area contributed by atoms with Crippen LogP contribution in [0.15, 0.2) is 12.1 Å². The summed E-state index contributed by atoms with van der Waals surface area (Å²) < 4.78 is 17.1. The Balaban J connectivity index is 1.97. The van der Waals surface area contributed by atoms with Gasteiger partial charge in [-0.25, -0.2) is 0 Å². The first-order valence-electron chi connectivity index (χ1n) is 10.4. The Morgan fingerprint density at radius 2 is 1.71 bits per heavy atom. The standard InChI is InChI=1S/C22H29N3O5S/c1-5-28-15-10-13(11-16(29-6-2)19(15)30-7-3)21(27)24-22-18(20(23)26)14-8-9-25(4)12-17(14)31-22/h10-11H,5-9,12H2,1-4H3,(H2,23,26)(H,24,27). The van der Waals surface area contributed by atoms with Crippen molar-refractivity contribution in [2.75, 3.05) is 38.7 Å². The van der Waals surface area contributed by atoms with E-state index in [0.29, 0.717) is 53.2 Å². The summed E-state index contributed by atoms with van der Waals surface area (Å²) in [5.41, 5.74) is 7.34. The van der Waals surface area contributed by atoms with Gasteiger partial charge in [0.1, 0.15) is 5.00 Å². The third-order valence-electron chi connectivity index (χ3n) is 4.89. The number of fused-ring (bicyclic) bond motifs is 1. The van der Waals surface area contributed by atoms with Gasteiger partial charge in [0.15, 0.2) is 11.5 Å². The van der Waals surface area contributed by atoms with Crippen LogP contribution in [0.3, 0.4) is 0 Å². The van der Waals surface area contributed by atoms with Crippen LogP contribution in [-0.4, -0.2) is 50.1 Å². The highest BCUT2D eigenvalue weighted by Crippen LogP contribution is 2.40. The number of benzene rings is 1. The van der Waals surface area contributed by atoms with Crippen molar-refractivity contribution in [1.29, 1.82) is 0 Å². The summed E-state index contributed by atoms with van der Waals surface area (Å²) in [5.74, 6) is 0.425. The molecule has 1 aliphatic rings. The number of thiophene rings is 1. The van der Waals surface area contributed by atoms with Crippen LogP contribution in [0, 0.1) is 0 Å². The van der Waals surface area contributed by atoms with E-state index in [-0.39, 0.29) is 5.91 Å². The molecule has 3 N–H and O–H groups in total. The molecule has 8 nitrogen and oxygen atoms in total. The molecule has 1 aliphatic heterocycles. The third kappa shape index (κ3) is 4.94. The molecule has 0 fully saturated rings. The fraction of sp³-hybridized carbons (Fsp3) is 0.455. The quantitative estimate of drug-likeness (QED) is 0.612. The van der Waals surface area contributed by atoms with E-state index >= 15 is 0 Å². The minimum Gasteiger partial charge on any atom is -0.490 e. The van der Waals surface area contributed by atoms with Crippen molar-refractivity contribution in [3.63, 3.8) is 0 Å². The van der Waals surface area contributed by atoms with Gasteiger partial charge >= 0.3 is 0 Å². The highest BCUT2D eigenvalue weighted by Gasteiger charge is 2.27. The molecule has 0 radical (unpaired) electrons. The number of ether oxygens (including phenoxy) is 3. The third-order valence-corrected chi connectivity index (χ3v) is 6.02. The molecule has 0 aliphatic carbocycles. The topological polar surface area (TPSA) is 103 Å². The Bertz CT molecular complexity index is 945. The number of carbonyl (C=O) groups excluding carboxylic acids is 2. The zero-order valence-corrected chi connectivity index (χ0v) is 19.2. The summed E-state index contributed by atoms with van der Waals surface area (Å²) >= 11 is 1.40. The van der Waals surface area contributed by atoms with Gasteiger partial charge in [-0.2, -0.15) is 0 Å². The van der Waals surface area contributed by atoms with Gasteiger partial charge in [0.05, 0.1) is 25.4 Å². The molecule has 0 unspecified atom stereocenters. The highest BCUT2D eigenvalue weighted by molar-refractivity contribution is 7.17. The molecule has 2 amide bonds. The number of nitrogens with zero attached hydrogens (tertiary/aromatic N) is 1. The number of hydrogen-bond acceptors (Lipinski definition) is 7.